The fourth-order valence-corrected chi connectivity index (χ4v) is 4.18. The number of carbonyl (C=O) groups excluding carboxylic acids is 1. The van der Waals surface area contributed by atoms with E-state index >= 15 is 0 Å². The molecule has 27 heavy (non-hydrogen) atoms. The summed E-state index contributed by atoms with van der Waals surface area (Å²) in [4.78, 5) is 25.5. The molecular formula is C23H24N2O2. The molecular weight excluding hydrogens is 336 g/mol. The lowest BCUT2D eigenvalue weighted by molar-refractivity contribution is 0.111. The third kappa shape index (κ3) is 3.39. The molecule has 1 aliphatic carbocycles. The van der Waals surface area contributed by atoms with Crippen LogP contribution in [-0.2, 0) is 6.54 Å². The topological polar surface area (TPSA) is 44.0 Å². The minimum Gasteiger partial charge on any atom is -0.296 e. The van der Waals surface area contributed by atoms with Crippen LogP contribution in [-0.4, -0.2) is 15.4 Å². The van der Waals surface area contributed by atoms with Gasteiger partial charge in [0.25, 0.3) is 0 Å². The van der Waals surface area contributed by atoms with Crippen LogP contribution in [0.1, 0.15) is 54.2 Å². The molecule has 0 unspecified atom stereocenters. The Kier molecular flexibility index (Phi) is 5.05. The van der Waals surface area contributed by atoms with Gasteiger partial charge in [-0.3, -0.25) is 13.9 Å². The van der Waals surface area contributed by atoms with E-state index in [0.717, 1.165) is 48.8 Å². The number of carbonyl (C=O) groups is 1. The van der Waals surface area contributed by atoms with Gasteiger partial charge in [0, 0.05) is 11.6 Å². The molecule has 0 amide bonds. The minimum absolute atomic E-state index is 0.0771. The Hall–Kier alpha value is -2.88. The van der Waals surface area contributed by atoms with Crippen molar-refractivity contribution >= 4 is 6.29 Å². The summed E-state index contributed by atoms with van der Waals surface area (Å²) in [6.07, 6.45) is 6.31. The monoisotopic (exact) mass is 360 g/mol. The van der Waals surface area contributed by atoms with Gasteiger partial charge in [-0.25, -0.2) is 4.79 Å². The summed E-state index contributed by atoms with van der Waals surface area (Å²) in [6, 6.07) is 19.8. The van der Waals surface area contributed by atoms with Crippen molar-refractivity contribution in [3.05, 3.63) is 82.4 Å². The Bertz CT molecular complexity index is 965. The van der Waals surface area contributed by atoms with Crippen LogP contribution in [0.4, 0.5) is 0 Å². The number of aromatic nitrogens is 2. The number of aldehydes is 1. The Labute approximate surface area is 159 Å². The third-order valence-corrected chi connectivity index (χ3v) is 5.49. The van der Waals surface area contributed by atoms with Crippen molar-refractivity contribution in [1.82, 2.24) is 9.13 Å². The second-order valence-electron chi connectivity index (χ2n) is 7.23. The van der Waals surface area contributed by atoms with E-state index in [1.54, 1.807) is 4.57 Å². The summed E-state index contributed by atoms with van der Waals surface area (Å²) >= 11 is 0. The highest BCUT2D eigenvalue weighted by Gasteiger charge is 2.27. The lowest BCUT2D eigenvalue weighted by atomic mass is 9.94. The van der Waals surface area contributed by atoms with E-state index in [2.05, 4.69) is 0 Å². The van der Waals surface area contributed by atoms with Crippen molar-refractivity contribution in [2.75, 3.05) is 0 Å². The molecule has 0 bridgehead atoms. The predicted molar refractivity (Wildman–Crippen MR) is 107 cm³/mol. The van der Waals surface area contributed by atoms with E-state index in [1.807, 2.05) is 65.2 Å². The van der Waals surface area contributed by atoms with Crippen LogP contribution in [0.15, 0.2) is 65.5 Å². The largest absolute Gasteiger partial charge is 0.329 e. The van der Waals surface area contributed by atoms with Gasteiger partial charge in [-0.05, 0) is 18.4 Å². The zero-order valence-electron chi connectivity index (χ0n) is 15.4. The first kappa shape index (κ1) is 17.5. The number of rotatable bonds is 5. The van der Waals surface area contributed by atoms with Crippen LogP contribution in [0.5, 0.6) is 0 Å². The molecule has 0 radical (unpaired) electrons. The molecule has 0 aliphatic heterocycles. The van der Waals surface area contributed by atoms with Gasteiger partial charge < -0.3 is 0 Å². The highest BCUT2D eigenvalue weighted by atomic mass is 16.2. The first-order chi connectivity index (χ1) is 13.3. The summed E-state index contributed by atoms with van der Waals surface area (Å²) in [5.74, 6) is 0. The summed E-state index contributed by atoms with van der Waals surface area (Å²) < 4.78 is 3.53. The van der Waals surface area contributed by atoms with Crippen molar-refractivity contribution in [1.29, 1.82) is 0 Å². The van der Waals surface area contributed by atoms with E-state index in [-0.39, 0.29) is 11.7 Å². The maximum absolute atomic E-state index is 13.4. The minimum atomic E-state index is -0.0771. The van der Waals surface area contributed by atoms with Gasteiger partial charge in [0.15, 0.2) is 6.29 Å². The maximum Gasteiger partial charge on any atom is 0.329 e. The highest BCUT2D eigenvalue weighted by Crippen LogP contribution is 2.33. The van der Waals surface area contributed by atoms with Gasteiger partial charge in [-0.15, -0.1) is 0 Å². The van der Waals surface area contributed by atoms with Crippen molar-refractivity contribution in [2.24, 2.45) is 0 Å². The molecule has 2 aromatic carbocycles. The van der Waals surface area contributed by atoms with Crippen LogP contribution in [0, 0.1) is 0 Å². The van der Waals surface area contributed by atoms with Crippen molar-refractivity contribution in [3.63, 3.8) is 0 Å². The van der Waals surface area contributed by atoms with Gasteiger partial charge in [-0.2, -0.15) is 0 Å². The van der Waals surface area contributed by atoms with Crippen LogP contribution < -0.4 is 5.69 Å². The van der Waals surface area contributed by atoms with E-state index in [9.17, 15) is 9.59 Å². The Morgan fingerprint density at radius 3 is 2.15 bits per heavy atom. The third-order valence-electron chi connectivity index (χ3n) is 5.49. The van der Waals surface area contributed by atoms with E-state index in [0.29, 0.717) is 12.2 Å². The number of hydrogen-bond donors (Lipinski definition) is 0. The zero-order chi connectivity index (χ0) is 18.6. The lowest BCUT2D eigenvalue weighted by Gasteiger charge is -2.24. The summed E-state index contributed by atoms with van der Waals surface area (Å²) in [7, 11) is 0. The average Bonchev–Trinajstić information content (AvgIpc) is 3.01. The molecule has 1 aromatic heterocycles. The molecule has 1 aliphatic rings. The molecule has 4 heteroatoms. The van der Waals surface area contributed by atoms with Gasteiger partial charge in [0.05, 0.1) is 12.2 Å². The Morgan fingerprint density at radius 1 is 0.889 bits per heavy atom. The summed E-state index contributed by atoms with van der Waals surface area (Å²) in [5.41, 5.74) is 3.10. The van der Waals surface area contributed by atoms with Crippen LogP contribution in [0.3, 0.4) is 0 Å². The molecule has 4 nitrogen and oxygen atoms in total. The first-order valence-electron chi connectivity index (χ1n) is 9.69. The standard InChI is InChI=1S/C23H24N2O2/c26-17-21-22(19-12-6-2-7-13-19)25(20-14-8-3-9-15-20)23(27)24(21)16-18-10-4-1-5-11-18/h1-2,4-7,10-13,17,20H,3,8-9,14-16H2. The van der Waals surface area contributed by atoms with E-state index in [4.69, 9.17) is 0 Å². The van der Waals surface area contributed by atoms with Gasteiger partial charge in [0.1, 0.15) is 5.69 Å². The van der Waals surface area contributed by atoms with Crippen molar-refractivity contribution in [3.8, 4) is 11.3 Å². The van der Waals surface area contributed by atoms with Gasteiger partial charge in [-0.1, -0.05) is 79.9 Å². The molecule has 138 valence electrons. The van der Waals surface area contributed by atoms with Crippen molar-refractivity contribution in [2.45, 2.75) is 44.7 Å². The molecule has 0 atom stereocenters. The van der Waals surface area contributed by atoms with Gasteiger partial charge >= 0.3 is 5.69 Å². The maximum atomic E-state index is 13.4. The highest BCUT2D eigenvalue weighted by molar-refractivity contribution is 5.84. The summed E-state index contributed by atoms with van der Waals surface area (Å²) in [5, 5.41) is 0. The van der Waals surface area contributed by atoms with Crippen LogP contribution >= 0.6 is 0 Å². The molecule has 3 aromatic rings. The molecule has 0 N–H and O–H groups in total. The normalized spacial score (nSPS) is 15.0. The number of imidazole rings is 1. The number of hydrogen-bond acceptors (Lipinski definition) is 2. The molecule has 0 saturated heterocycles. The number of nitrogens with zero attached hydrogens (tertiary/aromatic N) is 2. The smallest absolute Gasteiger partial charge is 0.296 e. The zero-order valence-corrected chi connectivity index (χ0v) is 15.4. The lowest BCUT2D eigenvalue weighted by Crippen LogP contribution is -2.29. The second-order valence-corrected chi connectivity index (χ2v) is 7.23. The fourth-order valence-electron chi connectivity index (χ4n) is 4.18. The second kappa shape index (κ2) is 7.78. The van der Waals surface area contributed by atoms with E-state index in [1.165, 1.54) is 6.42 Å². The van der Waals surface area contributed by atoms with Crippen molar-refractivity contribution < 1.29 is 4.79 Å². The Balaban J connectivity index is 1.90. The van der Waals surface area contributed by atoms with Crippen LogP contribution in [0.25, 0.3) is 11.3 Å². The molecule has 1 heterocycles. The molecule has 1 saturated carbocycles. The molecule has 0 spiro atoms. The average molecular weight is 360 g/mol. The number of benzene rings is 2. The predicted octanol–water partition coefficient (Wildman–Crippen LogP) is 4.68. The SMILES string of the molecule is O=Cc1c(-c2ccccc2)n(C2CCCCC2)c(=O)n1Cc1ccccc1. The first-order valence-corrected chi connectivity index (χ1v) is 9.69. The Morgan fingerprint density at radius 2 is 1.52 bits per heavy atom. The molecule has 1 fully saturated rings. The van der Waals surface area contributed by atoms with Crippen LogP contribution in [0.2, 0.25) is 0 Å². The van der Waals surface area contributed by atoms with E-state index < -0.39 is 0 Å². The quantitative estimate of drug-likeness (QED) is 0.620. The molecule has 4 rings (SSSR count). The fraction of sp³-hybridized carbons (Fsp3) is 0.304. The van der Waals surface area contributed by atoms with Gasteiger partial charge in [0.2, 0.25) is 0 Å². The summed E-state index contributed by atoms with van der Waals surface area (Å²) in [6.45, 7) is 0.410.